The van der Waals surface area contributed by atoms with Crippen LogP contribution in [0.1, 0.15) is 45.4 Å². The first kappa shape index (κ1) is 15.7. The third kappa shape index (κ3) is 3.32. The largest absolute Gasteiger partial charge is 0.465 e. The van der Waals surface area contributed by atoms with E-state index in [-0.39, 0.29) is 6.61 Å². The number of esters is 1. The quantitative estimate of drug-likeness (QED) is 0.730. The van der Waals surface area contributed by atoms with Crippen molar-refractivity contribution in [3.8, 4) is 0 Å². The summed E-state index contributed by atoms with van der Waals surface area (Å²) in [5, 5.41) is 0. The number of nitrogens with zero attached hydrogens (tertiary/aromatic N) is 2. The van der Waals surface area contributed by atoms with Crippen LogP contribution in [0.25, 0.3) is 0 Å². The first-order valence-corrected chi connectivity index (χ1v) is 8.90. The average molecular weight is 304 g/mol. The van der Waals surface area contributed by atoms with Crippen LogP contribution in [-0.4, -0.2) is 55.3 Å². The van der Waals surface area contributed by atoms with Crippen LogP contribution in [0.15, 0.2) is 0 Å². The van der Waals surface area contributed by atoms with Crippen molar-refractivity contribution in [1.29, 1.82) is 0 Å². The maximum Gasteiger partial charge on any atom is 0.324 e. The zero-order valence-corrected chi connectivity index (χ0v) is 12.9. The lowest BCUT2D eigenvalue weighted by atomic mass is 10.1. The Morgan fingerprint density at radius 3 is 2.40 bits per heavy atom. The lowest BCUT2D eigenvalue weighted by Gasteiger charge is -2.37. The zero-order chi connectivity index (χ0) is 14.6. The number of rotatable bonds is 4. The molecule has 1 atom stereocenters. The van der Waals surface area contributed by atoms with Gasteiger partial charge >= 0.3 is 5.97 Å². The molecule has 6 nitrogen and oxygen atoms in total. The molecule has 2 heterocycles. The summed E-state index contributed by atoms with van der Waals surface area (Å²) in [5.41, 5.74) is 0. The Kier molecular flexibility index (Phi) is 5.40. The molecule has 0 saturated carbocycles. The van der Waals surface area contributed by atoms with E-state index in [9.17, 15) is 13.2 Å². The van der Waals surface area contributed by atoms with Crippen molar-refractivity contribution in [3.63, 3.8) is 0 Å². The number of carbonyl (C=O) groups excluding carboxylic acids is 1. The molecule has 0 radical (unpaired) electrons. The van der Waals surface area contributed by atoms with Crippen LogP contribution in [0.5, 0.6) is 0 Å². The molecule has 2 rings (SSSR count). The highest BCUT2D eigenvalue weighted by Gasteiger charge is 2.40. The summed E-state index contributed by atoms with van der Waals surface area (Å²) in [6, 6.07) is -0.643. The number of piperidine rings is 2. The van der Waals surface area contributed by atoms with Crippen LogP contribution >= 0.6 is 0 Å². The van der Waals surface area contributed by atoms with Gasteiger partial charge in [0.1, 0.15) is 6.04 Å². The first-order chi connectivity index (χ1) is 9.57. The summed E-state index contributed by atoms with van der Waals surface area (Å²) in [5.74, 6) is -0.409. The smallest absolute Gasteiger partial charge is 0.324 e. The Labute approximate surface area is 121 Å². The molecule has 0 aromatic rings. The van der Waals surface area contributed by atoms with Gasteiger partial charge in [-0.2, -0.15) is 17.0 Å². The SMILES string of the molecule is CCOC(=O)C1CCCCN1S(=O)(=O)N1CCCCC1. The molecular formula is C13H24N2O4S. The molecule has 2 fully saturated rings. The van der Waals surface area contributed by atoms with Gasteiger partial charge in [-0.15, -0.1) is 0 Å². The standard InChI is InChI=1S/C13H24N2O4S/c1-2-19-13(16)12-8-4-7-11-15(12)20(17,18)14-9-5-3-6-10-14/h12H,2-11H2,1H3. The topological polar surface area (TPSA) is 66.9 Å². The van der Waals surface area contributed by atoms with Crippen molar-refractivity contribution < 1.29 is 17.9 Å². The lowest BCUT2D eigenvalue weighted by molar-refractivity contribution is -0.148. The van der Waals surface area contributed by atoms with Gasteiger partial charge in [-0.3, -0.25) is 4.79 Å². The van der Waals surface area contributed by atoms with Crippen molar-refractivity contribution in [3.05, 3.63) is 0 Å². The third-order valence-electron chi connectivity index (χ3n) is 3.95. The van der Waals surface area contributed by atoms with E-state index in [0.29, 0.717) is 26.1 Å². The minimum absolute atomic E-state index is 0.285. The summed E-state index contributed by atoms with van der Waals surface area (Å²) in [4.78, 5) is 12.0. The predicted molar refractivity (Wildman–Crippen MR) is 75.3 cm³/mol. The molecular weight excluding hydrogens is 280 g/mol. The number of ether oxygens (including phenoxy) is 1. The normalized spacial score (nSPS) is 26.4. The van der Waals surface area contributed by atoms with Crippen LogP contribution < -0.4 is 0 Å². The van der Waals surface area contributed by atoms with Crippen LogP contribution in [0.3, 0.4) is 0 Å². The molecule has 0 aliphatic carbocycles. The van der Waals surface area contributed by atoms with E-state index in [1.165, 1.54) is 8.61 Å². The molecule has 20 heavy (non-hydrogen) atoms. The maximum absolute atomic E-state index is 12.7. The number of hydrogen-bond acceptors (Lipinski definition) is 4. The highest BCUT2D eigenvalue weighted by atomic mass is 32.2. The van der Waals surface area contributed by atoms with Gasteiger partial charge in [-0.25, -0.2) is 0 Å². The van der Waals surface area contributed by atoms with E-state index in [2.05, 4.69) is 0 Å². The minimum Gasteiger partial charge on any atom is -0.465 e. The van der Waals surface area contributed by atoms with Crippen LogP contribution in [0.2, 0.25) is 0 Å². The molecule has 0 N–H and O–H groups in total. The van der Waals surface area contributed by atoms with Gasteiger partial charge in [-0.05, 0) is 39.0 Å². The van der Waals surface area contributed by atoms with Gasteiger partial charge in [0.05, 0.1) is 6.61 Å². The van der Waals surface area contributed by atoms with Crippen molar-refractivity contribution in [2.75, 3.05) is 26.2 Å². The summed E-state index contributed by atoms with van der Waals surface area (Å²) >= 11 is 0. The predicted octanol–water partition coefficient (Wildman–Crippen LogP) is 1.13. The molecule has 1 unspecified atom stereocenters. The fourth-order valence-electron chi connectivity index (χ4n) is 2.90. The molecule has 2 saturated heterocycles. The van der Waals surface area contributed by atoms with E-state index < -0.39 is 22.2 Å². The minimum atomic E-state index is -3.53. The Morgan fingerprint density at radius 2 is 1.75 bits per heavy atom. The van der Waals surface area contributed by atoms with Gasteiger partial charge in [0.15, 0.2) is 0 Å². The molecule has 0 amide bonds. The third-order valence-corrected chi connectivity index (χ3v) is 6.00. The molecule has 0 aromatic heterocycles. The van der Waals surface area contributed by atoms with E-state index in [1.54, 1.807) is 6.92 Å². The van der Waals surface area contributed by atoms with E-state index in [0.717, 1.165) is 32.1 Å². The first-order valence-electron chi connectivity index (χ1n) is 7.51. The molecule has 2 aliphatic heterocycles. The van der Waals surface area contributed by atoms with Crippen LogP contribution in [0, 0.1) is 0 Å². The highest BCUT2D eigenvalue weighted by molar-refractivity contribution is 7.86. The van der Waals surface area contributed by atoms with E-state index >= 15 is 0 Å². The summed E-state index contributed by atoms with van der Waals surface area (Å²) in [6.45, 7) is 3.57. The maximum atomic E-state index is 12.7. The van der Waals surface area contributed by atoms with Gasteiger partial charge in [0, 0.05) is 19.6 Å². The Bertz CT molecular complexity index is 432. The fourth-order valence-corrected chi connectivity index (χ4v) is 4.79. The summed E-state index contributed by atoms with van der Waals surface area (Å²) in [7, 11) is -3.53. The Balaban J connectivity index is 2.15. The second-order valence-corrected chi connectivity index (χ2v) is 7.22. The van der Waals surface area contributed by atoms with E-state index in [1.807, 2.05) is 0 Å². The molecule has 0 bridgehead atoms. The number of carbonyl (C=O) groups is 1. The zero-order valence-electron chi connectivity index (χ0n) is 12.1. The molecule has 0 spiro atoms. The molecule has 0 aromatic carbocycles. The Hall–Kier alpha value is -0.660. The van der Waals surface area contributed by atoms with E-state index in [4.69, 9.17) is 4.74 Å². The van der Waals surface area contributed by atoms with Crippen molar-refractivity contribution in [1.82, 2.24) is 8.61 Å². The van der Waals surface area contributed by atoms with Crippen LogP contribution in [-0.2, 0) is 19.7 Å². The van der Waals surface area contributed by atoms with Gasteiger partial charge in [-0.1, -0.05) is 6.42 Å². The number of hydrogen-bond donors (Lipinski definition) is 0. The monoisotopic (exact) mass is 304 g/mol. The molecule has 7 heteroatoms. The Morgan fingerprint density at radius 1 is 1.10 bits per heavy atom. The molecule has 116 valence electrons. The fraction of sp³-hybridized carbons (Fsp3) is 0.923. The van der Waals surface area contributed by atoms with Gasteiger partial charge in [0.2, 0.25) is 0 Å². The lowest BCUT2D eigenvalue weighted by Crippen LogP contribution is -2.54. The second kappa shape index (κ2) is 6.87. The van der Waals surface area contributed by atoms with Crippen molar-refractivity contribution in [2.45, 2.75) is 51.5 Å². The van der Waals surface area contributed by atoms with Gasteiger partial charge < -0.3 is 4.74 Å². The van der Waals surface area contributed by atoms with Crippen molar-refractivity contribution >= 4 is 16.2 Å². The van der Waals surface area contributed by atoms with Crippen LogP contribution in [0.4, 0.5) is 0 Å². The summed E-state index contributed by atoms with van der Waals surface area (Å²) in [6.07, 6.45) is 5.12. The van der Waals surface area contributed by atoms with Gasteiger partial charge in [0.25, 0.3) is 10.2 Å². The highest BCUT2D eigenvalue weighted by Crippen LogP contribution is 2.25. The molecule has 2 aliphatic rings. The second-order valence-electron chi connectivity index (χ2n) is 5.34. The summed E-state index contributed by atoms with van der Waals surface area (Å²) < 4.78 is 33.3. The average Bonchev–Trinajstić information content (AvgIpc) is 2.48. The van der Waals surface area contributed by atoms with Crippen molar-refractivity contribution in [2.24, 2.45) is 0 Å².